The SMILES string of the molecule is Cc1cc(C)c(N2CCN(c3c(C)cc(C)cc3C)C2=Cc2ccc([N+](=O)[O-])cc2)c(C)c1. The predicted octanol–water partition coefficient (Wildman–Crippen LogP) is 6.77. The number of nitro benzene ring substituents is 1. The van der Waals surface area contributed by atoms with Gasteiger partial charge in [-0.05, 0) is 87.6 Å². The summed E-state index contributed by atoms with van der Waals surface area (Å²) in [4.78, 5) is 15.5. The zero-order chi connectivity index (χ0) is 23.9. The Kier molecular flexibility index (Phi) is 5.98. The lowest BCUT2D eigenvalue weighted by Crippen LogP contribution is -2.25. The average Bonchev–Trinajstić information content (AvgIpc) is 3.09. The molecule has 0 bridgehead atoms. The molecule has 0 aromatic heterocycles. The standard InChI is InChI=1S/C28H31N3O2/c1-18-13-20(3)27(21(4)14-18)29-11-12-30(28-22(5)15-19(2)16-23(28)6)26(29)17-24-7-9-25(10-8-24)31(32)33/h7-10,13-17H,11-12H2,1-6H3. The Morgan fingerprint density at radius 2 is 1.12 bits per heavy atom. The fourth-order valence-electron chi connectivity index (χ4n) is 5.22. The highest BCUT2D eigenvalue weighted by atomic mass is 16.6. The van der Waals surface area contributed by atoms with Gasteiger partial charge in [-0.2, -0.15) is 0 Å². The maximum atomic E-state index is 11.1. The number of benzene rings is 3. The van der Waals surface area contributed by atoms with E-state index in [1.165, 1.54) is 44.8 Å². The lowest BCUT2D eigenvalue weighted by molar-refractivity contribution is -0.384. The molecule has 0 N–H and O–H groups in total. The first kappa shape index (κ1) is 22.6. The van der Waals surface area contributed by atoms with Crippen molar-refractivity contribution in [1.29, 1.82) is 0 Å². The van der Waals surface area contributed by atoms with E-state index in [0.29, 0.717) is 0 Å². The van der Waals surface area contributed by atoms with Crippen LogP contribution in [-0.4, -0.2) is 18.0 Å². The number of non-ortho nitro benzene ring substituents is 1. The smallest absolute Gasteiger partial charge is 0.269 e. The van der Waals surface area contributed by atoms with Crippen molar-refractivity contribution in [3.8, 4) is 0 Å². The molecule has 1 fully saturated rings. The Morgan fingerprint density at radius 3 is 1.48 bits per heavy atom. The van der Waals surface area contributed by atoms with Crippen molar-refractivity contribution in [2.75, 3.05) is 22.9 Å². The molecule has 4 rings (SSSR count). The molecular weight excluding hydrogens is 410 g/mol. The van der Waals surface area contributed by atoms with E-state index in [9.17, 15) is 10.1 Å². The molecular formula is C28H31N3O2. The van der Waals surface area contributed by atoms with Crippen LogP contribution >= 0.6 is 0 Å². The fraction of sp³-hybridized carbons (Fsp3) is 0.286. The van der Waals surface area contributed by atoms with Gasteiger partial charge >= 0.3 is 0 Å². The molecule has 1 aliphatic rings. The van der Waals surface area contributed by atoms with Crippen LogP contribution in [0.25, 0.3) is 6.08 Å². The Labute approximate surface area is 196 Å². The number of nitrogens with zero attached hydrogens (tertiary/aromatic N) is 3. The quantitative estimate of drug-likeness (QED) is 0.331. The van der Waals surface area contributed by atoms with Gasteiger partial charge in [0.1, 0.15) is 5.82 Å². The molecule has 5 heteroatoms. The molecule has 33 heavy (non-hydrogen) atoms. The van der Waals surface area contributed by atoms with Crippen LogP contribution in [0.5, 0.6) is 0 Å². The van der Waals surface area contributed by atoms with E-state index in [1.807, 2.05) is 12.1 Å². The summed E-state index contributed by atoms with van der Waals surface area (Å²) in [5.41, 5.74) is 11.0. The molecule has 0 spiro atoms. The number of nitro groups is 1. The monoisotopic (exact) mass is 441 g/mol. The zero-order valence-electron chi connectivity index (χ0n) is 20.3. The lowest BCUT2D eigenvalue weighted by Gasteiger charge is -2.30. The number of hydrogen-bond donors (Lipinski definition) is 0. The Morgan fingerprint density at radius 1 is 0.727 bits per heavy atom. The van der Waals surface area contributed by atoms with Gasteiger partial charge in [0.2, 0.25) is 0 Å². The highest BCUT2D eigenvalue weighted by molar-refractivity contribution is 5.77. The molecule has 170 valence electrons. The molecule has 0 aliphatic carbocycles. The van der Waals surface area contributed by atoms with E-state index in [-0.39, 0.29) is 10.6 Å². The first-order valence-electron chi connectivity index (χ1n) is 11.3. The first-order valence-corrected chi connectivity index (χ1v) is 11.3. The van der Waals surface area contributed by atoms with Crippen molar-refractivity contribution in [2.24, 2.45) is 0 Å². The van der Waals surface area contributed by atoms with Crippen LogP contribution in [0.4, 0.5) is 17.1 Å². The van der Waals surface area contributed by atoms with Crippen molar-refractivity contribution in [3.05, 3.63) is 103 Å². The zero-order valence-corrected chi connectivity index (χ0v) is 20.3. The van der Waals surface area contributed by atoms with E-state index < -0.39 is 0 Å². The average molecular weight is 442 g/mol. The molecule has 0 amide bonds. The summed E-state index contributed by atoms with van der Waals surface area (Å²) in [7, 11) is 0. The summed E-state index contributed by atoms with van der Waals surface area (Å²) in [5, 5.41) is 11.1. The molecule has 1 aliphatic heterocycles. The van der Waals surface area contributed by atoms with Gasteiger partial charge in [0.05, 0.1) is 4.92 Å². The third kappa shape index (κ3) is 4.36. The fourth-order valence-corrected chi connectivity index (χ4v) is 5.22. The van der Waals surface area contributed by atoms with E-state index in [0.717, 1.165) is 24.5 Å². The Hall–Kier alpha value is -3.60. The van der Waals surface area contributed by atoms with Crippen molar-refractivity contribution in [3.63, 3.8) is 0 Å². The number of anilines is 2. The van der Waals surface area contributed by atoms with Crippen molar-refractivity contribution in [2.45, 2.75) is 41.5 Å². The third-order valence-electron chi connectivity index (χ3n) is 6.31. The van der Waals surface area contributed by atoms with Gasteiger partial charge in [0.15, 0.2) is 0 Å². The molecule has 3 aromatic carbocycles. The van der Waals surface area contributed by atoms with Crippen LogP contribution in [0, 0.1) is 51.7 Å². The summed E-state index contributed by atoms with van der Waals surface area (Å²) in [5.74, 6) is 1.09. The van der Waals surface area contributed by atoms with Crippen molar-refractivity contribution < 1.29 is 4.92 Å². The van der Waals surface area contributed by atoms with Crippen LogP contribution in [0.15, 0.2) is 54.4 Å². The Bertz CT molecular complexity index is 1150. The van der Waals surface area contributed by atoms with Gasteiger partial charge in [-0.1, -0.05) is 35.4 Å². The summed E-state index contributed by atoms with van der Waals surface area (Å²) in [6.07, 6.45) is 2.15. The van der Waals surface area contributed by atoms with Crippen LogP contribution in [0.3, 0.4) is 0 Å². The van der Waals surface area contributed by atoms with Gasteiger partial charge in [-0.15, -0.1) is 0 Å². The minimum absolute atomic E-state index is 0.104. The van der Waals surface area contributed by atoms with Gasteiger partial charge in [-0.25, -0.2) is 0 Å². The molecule has 1 saturated heterocycles. The van der Waals surface area contributed by atoms with Gasteiger partial charge in [0.25, 0.3) is 5.69 Å². The van der Waals surface area contributed by atoms with E-state index in [1.54, 1.807) is 12.1 Å². The van der Waals surface area contributed by atoms with Gasteiger partial charge in [0, 0.05) is 36.6 Å². The molecule has 0 atom stereocenters. The minimum Gasteiger partial charge on any atom is -0.325 e. The van der Waals surface area contributed by atoms with Crippen LogP contribution in [-0.2, 0) is 0 Å². The predicted molar refractivity (Wildman–Crippen MR) is 137 cm³/mol. The number of rotatable bonds is 4. The normalized spacial score (nSPS) is 13.6. The summed E-state index contributed by atoms with van der Waals surface area (Å²) < 4.78 is 0. The second-order valence-electron chi connectivity index (χ2n) is 9.15. The first-order chi connectivity index (χ1) is 15.7. The molecule has 0 saturated carbocycles. The minimum atomic E-state index is -0.358. The van der Waals surface area contributed by atoms with Crippen molar-refractivity contribution >= 4 is 23.1 Å². The topological polar surface area (TPSA) is 49.6 Å². The maximum absolute atomic E-state index is 11.1. The van der Waals surface area contributed by atoms with Gasteiger partial charge < -0.3 is 9.80 Å². The van der Waals surface area contributed by atoms with E-state index in [2.05, 4.69) is 81.7 Å². The largest absolute Gasteiger partial charge is 0.325 e. The summed E-state index contributed by atoms with van der Waals surface area (Å²) >= 11 is 0. The molecule has 5 nitrogen and oxygen atoms in total. The van der Waals surface area contributed by atoms with Gasteiger partial charge in [-0.3, -0.25) is 10.1 Å². The maximum Gasteiger partial charge on any atom is 0.269 e. The lowest BCUT2D eigenvalue weighted by atomic mass is 10.0. The number of aryl methyl sites for hydroxylation is 6. The highest BCUT2D eigenvalue weighted by Crippen LogP contribution is 2.39. The summed E-state index contributed by atoms with van der Waals surface area (Å²) in [6, 6.07) is 15.7. The molecule has 0 unspecified atom stereocenters. The van der Waals surface area contributed by atoms with Crippen LogP contribution in [0.2, 0.25) is 0 Å². The molecule has 1 heterocycles. The summed E-state index contributed by atoms with van der Waals surface area (Å²) in [6.45, 7) is 14.7. The highest BCUT2D eigenvalue weighted by Gasteiger charge is 2.30. The van der Waals surface area contributed by atoms with Crippen LogP contribution < -0.4 is 9.80 Å². The van der Waals surface area contributed by atoms with Crippen LogP contribution in [0.1, 0.15) is 38.9 Å². The van der Waals surface area contributed by atoms with E-state index in [4.69, 9.17) is 0 Å². The second kappa shape index (κ2) is 8.74. The van der Waals surface area contributed by atoms with E-state index >= 15 is 0 Å². The Balaban J connectivity index is 1.88. The van der Waals surface area contributed by atoms with Crippen molar-refractivity contribution in [1.82, 2.24) is 0 Å². The third-order valence-corrected chi connectivity index (χ3v) is 6.31. The number of hydrogen-bond acceptors (Lipinski definition) is 4. The molecule has 3 aromatic rings. The molecule has 0 radical (unpaired) electrons. The second-order valence-corrected chi connectivity index (χ2v) is 9.15.